The summed E-state index contributed by atoms with van der Waals surface area (Å²) in [6.07, 6.45) is 1.61. The highest BCUT2D eigenvalue weighted by molar-refractivity contribution is 6.33. The van der Waals surface area contributed by atoms with E-state index >= 15 is 0 Å². The van der Waals surface area contributed by atoms with Crippen molar-refractivity contribution in [1.82, 2.24) is 9.80 Å². The van der Waals surface area contributed by atoms with Crippen molar-refractivity contribution in [3.05, 3.63) is 35.0 Å². The lowest BCUT2D eigenvalue weighted by molar-refractivity contribution is -0.112. The predicted molar refractivity (Wildman–Crippen MR) is 87.3 cm³/mol. The average molecular weight is 320 g/mol. The van der Waals surface area contributed by atoms with E-state index in [-0.39, 0.29) is 5.57 Å². The third-order valence-electron chi connectivity index (χ3n) is 3.47. The molecule has 1 saturated heterocycles. The van der Waals surface area contributed by atoms with Crippen molar-refractivity contribution in [2.75, 3.05) is 44.3 Å². The van der Waals surface area contributed by atoms with Crippen LogP contribution in [0.25, 0.3) is 0 Å². The fraction of sp³-hybridized carbons (Fsp3) is 0.333. The number of piperazine rings is 1. The van der Waals surface area contributed by atoms with E-state index in [9.17, 15) is 10.1 Å². The molecule has 0 radical (unpaired) electrons. The largest absolute Gasteiger partial charge is 0.398 e. The van der Waals surface area contributed by atoms with Crippen molar-refractivity contribution >= 4 is 28.9 Å². The molecule has 1 aromatic carbocycles. The van der Waals surface area contributed by atoms with Crippen molar-refractivity contribution in [3.63, 3.8) is 0 Å². The third kappa shape index (κ3) is 4.13. The molecule has 1 aliphatic heterocycles. The fourth-order valence-corrected chi connectivity index (χ4v) is 2.26. The van der Waals surface area contributed by atoms with Crippen molar-refractivity contribution in [1.29, 1.82) is 5.26 Å². The zero-order chi connectivity index (χ0) is 16.1. The Labute approximate surface area is 134 Å². The van der Waals surface area contributed by atoms with Gasteiger partial charge in [0, 0.05) is 38.1 Å². The molecule has 7 heteroatoms. The van der Waals surface area contributed by atoms with E-state index in [1.165, 1.54) is 0 Å². The molecule has 1 amide bonds. The first-order valence-corrected chi connectivity index (χ1v) is 7.28. The van der Waals surface area contributed by atoms with Crippen LogP contribution in [0.2, 0.25) is 5.02 Å². The van der Waals surface area contributed by atoms with E-state index in [0.29, 0.717) is 16.4 Å². The summed E-state index contributed by atoms with van der Waals surface area (Å²) in [4.78, 5) is 16.3. The van der Waals surface area contributed by atoms with Gasteiger partial charge in [0.2, 0.25) is 0 Å². The first-order chi connectivity index (χ1) is 10.5. The van der Waals surface area contributed by atoms with Crippen LogP contribution in [0.5, 0.6) is 0 Å². The van der Waals surface area contributed by atoms with Gasteiger partial charge < -0.3 is 20.9 Å². The molecule has 1 fully saturated rings. The number of amides is 1. The molecule has 3 N–H and O–H groups in total. The number of nitrogens with one attached hydrogen (secondary N) is 1. The van der Waals surface area contributed by atoms with Crippen LogP contribution in [0, 0.1) is 11.3 Å². The van der Waals surface area contributed by atoms with Crippen molar-refractivity contribution in [2.24, 2.45) is 0 Å². The van der Waals surface area contributed by atoms with Gasteiger partial charge in [-0.1, -0.05) is 11.6 Å². The standard InChI is InChI=1S/C15H18ClN5O/c1-20-4-6-21(7-5-20)10-11(9-17)15(22)19-12-2-3-14(18)13(16)8-12/h2-3,8,10H,4-7,18H2,1H3,(H,19,22)/b11-10-. The van der Waals surface area contributed by atoms with Crippen LogP contribution in [0.15, 0.2) is 30.0 Å². The molecule has 0 saturated carbocycles. The third-order valence-corrected chi connectivity index (χ3v) is 3.80. The summed E-state index contributed by atoms with van der Waals surface area (Å²) in [7, 11) is 2.05. The first kappa shape index (κ1) is 16.1. The van der Waals surface area contributed by atoms with Gasteiger partial charge in [-0.2, -0.15) is 5.26 Å². The summed E-state index contributed by atoms with van der Waals surface area (Å²) >= 11 is 5.91. The molecule has 0 aromatic heterocycles. The van der Waals surface area contributed by atoms with Crippen LogP contribution in [0.1, 0.15) is 0 Å². The molecule has 2 rings (SSSR count). The van der Waals surface area contributed by atoms with Crippen LogP contribution >= 0.6 is 11.6 Å². The normalized spacial score (nSPS) is 16.2. The molecule has 0 spiro atoms. The topological polar surface area (TPSA) is 85.4 Å². The van der Waals surface area contributed by atoms with E-state index in [1.54, 1.807) is 24.4 Å². The molecule has 6 nitrogen and oxygen atoms in total. The maximum absolute atomic E-state index is 12.2. The van der Waals surface area contributed by atoms with Crippen LogP contribution < -0.4 is 11.1 Å². The minimum absolute atomic E-state index is 0.0671. The van der Waals surface area contributed by atoms with Gasteiger partial charge in [-0.3, -0.25) is 4.79 Å². The quantitative estimate of drug-likeness (QED) is 0.501. The zero-order valence-corrected chi connectivity index (χ0v) is 13.1. The fourth-order valence-electron chi connectivity index (χ4n) is 2.08. The number of halogens is 1. The van der Waals surface area contributed by atoms with Gasteiger partial charge in [-0.25, -0.2) is 0 Å². The summed E-state index contributed by atoms with van der Waals surface area (Å²) < 4.78 is 0. The highest BCUT2D eigenvalue weighted by atomic mass is 35.5. The number of nitrogens with two attached hydrogens (primary N) is 1. The second-order valence-electron chi connectivity index (χ2n) is 5.18. The monoisotopic (exact) mass is 319 g/mol. The summed E-state index contributed by atoms with van der Waals surface area (Å²) in [5, 5.41) is 12.2. The lowest BCUT2D eigenvalue weighted by Crippen LogP contribution is -2.42. The Kier molecular flexibility index (Phi) is 5.26. The Hall–Kier alpha value is -2.23. The summed E-state index contributed by atoms with van der Waals surface area (Å²) in [5.74, 6) is -0.456. The number of carbonyl (C=O) groups is 1. The lowest BCUT2D eigenvalue weighted by Gasteiger charge is -2.31. The highest BCUT2D eigenvalue weighted by Crippen LogP contribution is 2.22. The Balaban J connectivity index is 2.05. The van der Waals surface area contributed by atoms with Crippen molar-refractivity contribution < 1.29 is 4.79 Å². The van der Waals surface area contributed by atoms with E-state index < -0.39 is 5.91 Å². The number of hydrogen-bond donors (Lipinski definition) is 2. The van der Waals surface area contributed by atoms with Gasteiger partial charge in [0.25, 0.3) is 5.91 Å². The minimum Gasteiger partial charge on any atom is -0.398 e. The molecule has 116 valence electrons. The Morgan fingerprint density at radius 1 is 1.41 bits per heavy atom. The van der Waals surface area contributed by atoms with Gasteiger partial charge in [-0.05, 0) is 25.2 Å². The summed E-state index contributed by atoms with van der Waals surface area (Å²) in [6.45, 7) is 3.40. The number of nitrogen functional groups attached to an aromatic ring is 1. The van der Waals surface area contributed by atoms with E-state index in [0.717, 1.165) is 26.2 Å². The SMILES string of the molecule is CN1CCN(/C=C(/C#N)C(=O)Nc2ccc(N)c(Cl)c2)CC1. The second-order valence-corrected chi connectivity index (χ2v) is 5.59. The van der Waals surface area contributed by atoms with E-state index in [1.807, 2.05) is 18.0 Å². The van der Waals surface area contributed by atoms with Gasteiger partial charge >= 0.3 is 0 Å². The summed E-state index contributed by atoms with van der Waals surface area (Å²) in [5.41, 5.74) is 6.63. The van der Waals surface area contributed by atoms with Gasteiger partial charge in [0.1, 0.15) is 11.6 Å². The Morgan fingerprint density at radius 2 is 2.09 bits per heavy atom. The van der Waals surface area contributed by atoms with Crippen LogP contribution in [-0.4, -0.2) is 48.9 Å². The average Bonchev–Trinajstić information content (AvgIpc) is 2.50. The molecular weight excluding hydrogens is 302 g/mol. The smallest absolute Gasteiger partial charge is 0.267 e. The molecule has 1 heterocycles. The Bertz CT molecular complexity index is 629. The maximum atomic E-state index is 12.2. The van der Waals surface area contributed by atoms with Crippen LogP contribution in [0.3, 0.4) is 0 Å². The van der Waals surface area contributed by atoms with Gasteiger partial charge in [-0.15, -0.1) is 0 Å². The first-order valence-electron chi connectivity index (χ1n) is 6.90. The summed E-state index contributed by atoms with van der Waals surface area (Å²) in [6, 6.07) is 6.75. The number of nitriles is 1. The molecule has 22 heavy (non-hydrogen) atoms. The Morgan fingerprint density at radius 3 is 2.68 bits per heavy atom. The molecule has 0 bridgehead atoms. The predicted octanol–water partition coefficient (Wildman–Crippen LogP) is 1.52. The zero-order valence-electron chi connectivity index (χ0n) is 12.3. The minimum atomic E-state index is -0.456. The number of likely N-dealkylation sites (N-methyl/N-ethyl adjacent to an activating group) is 1. The number of rotatable bonds is 3. The second kappa shape index (κ2) is 7.16. The van der Waals surface area contributed by atoms with Crippen molar-refractivity contribution in [2.45, 2.75) is 0 Å². The number of hydrogen-bond acceptors (Lipinski definition) is 5. The maximum Gasteiger partial charge on any atom is 0.267 e. The molecule has 0 unspecified atom stereocenters. The van der Waals surface area contributed by atoms with Crippen molar-refractivity contribution in [3.8, 4) is 6.07 Å². The van der Waals surface area contributed by atoms with Gasteiger partial charge in [0.05, 0.1) is 10.7 Å². The molecule has 0 aliphatic carbocycles. The molecule has 1 aliphatic rings. The van der Waals surface area contributed by atoms with Crippen LogP contribution in [-0.2, 0) is 4.79 Å². The van der Waals surface area contributed by atoms with Crippen LogP contribution in [0.4, 0.5) is 11.4 Å². The molecular formula is C15H18ClN5O. The van der Waals surface area contributed by atoms with Gasteiger partial charge in [0.15, 0.2) is 0 Å². The number of carbonyl (C=O) groups excluding carboxylic acids is 1. The van der Waals surface area contributed by atoms with E-state index in [2.05, 4.69) is 10.2 Å². The highest BCUT2D eigenvalue weighted by Gasteiger charge is 2.15. The number of benzene rings is 1. The van der Waals surface area contributed by atoms with E-state index in [4.69, 9.17) is 17.3 Å². The lowest BCUT2D eigenvalue weighted by atomic mass is 10.2. The molecule has 1 aromatic rings. The molecule has 0 atom stereocenters. The number of anilines is 2. The number of nitrogens with zero attached hydrogens (tertiary/aromatic N) is 3.